The first kappa shape index (κ1) is 12.3. The Morgan fingerprint density at radius 3 is 3.05 bits per heavy atom. The van der Waals surface area contributed by atoms with E-state index >= 15 is 0 Å². The quantitative estimate of drug-likeness (QED) is 0.858. The second kappa shape index (κ2) is 5.13. The van der Waals surface area contributed by atoms with Gasteiger partial charge in [-0.05, 0) is 32.3 Å². The topological polar surface area (TPSA) is 68.8 Å². The largest absolute Gasteiger partial charge is 0.338 e. The molecule has 0 unspecified atom stereocenters. The second-order valence-corrected chi connectivity index (χ2v) is 5.22. The maximum absolute atomic E-state index is 5.29. The predicted octanol–water partition coefficient (Wildman–Crippen LogP) is 1.80. The van der Waals surface area contributed by atoms with Gasteiger partial charge in [0.05, 0.1) is 18.8 Å². The Morgan fingerprint density at radius 2 is 2.37 bits per heavy atom. The fourth-order valence-electron chi connectivity index (χ4n) is 2.00. The molecule has 2 aromatic rings. The summed E-state index contributed by atoms with van der Waals surface area (Å²) in [7, 11) is 0. The van der Waals surface area contributed by atoms with Crippen LogP contribution >= 0.6 is 0 Å². The van der Waals surface area contributed by atoms with Gasteiger partial charge in [0.2, 0.25) is 5.89 Å². The molecule has 0 spiro atoms. The van der Waals surface area contributed by atoms with E-state index in [1.165, 1.54) is 18.4 Å². The van der Waals surface area contributed by atoms with Gasteiger partial charge >= 0.3 is 0 Å². The van der Waals surface area contributed by atoms with Gasteiger partial charge in [0.1, 0.15) is 0 Å². The van der Waals surface area contributed by atoms with Crippen molar-refractivity contribution in [1.29, 1.82) is 0 Å². The van der Waals surface area contributed by atoms with Gasteiger partial charge in [-0.15, -0.1) is 0 Å². The van der Waals surface area contributed by atoms with Crippen molar-refractivity contribution in [3.8, 4) is 0 Å². The highest BCUT2D eigenvalue weighted by atomic mass is 16.5. The van der Waals surface area contributed by atoms with E-state index in [9.17, 15) is 0 Å². The molecule has 0 saturated heterocycles. The lowest BCUT2D eigenvalue weighted by atomic mass is 10.3. The summed E-state index contributed by atoms with van der Waals surface area (Å²) in [5.41, 5.74) is 1.18. The van der Waals surface area contributed by atoms with E-state index in [1.54, 1.807) is 0 Å². The van der Waals surface area contributed by atoms with Crippen LogP contribution in [-0.2, 0) is 6.54 Å². The molecule has 1 fully saturated rings. The molecule has 1 saturated carbocycles. The Kier molecular flexibility index (Phi) is 3.33. The third-order valence-electron chi connectivity index (χ3n) is 3.32. The van der Waals surface area contributed by atoms with Crippen molar-refractivity contribution in [2.45, 2.75) is 45.2 Å². The van der Waals surface area contributed by atoms with Crippen molar-refractivity contribution in [1.82, 2.24) is 25.2 Å². The van der Waals surface area contributed by atoms with Gasteiger partial charge in [0, 0.05) is 18.7 Å². The number of nitrogens with zero attached hydrogens (tertiary/aromatic N) is 4. The lowest BCUT2D eigenvalue weighted by Gasteiger charge is -2.09. The van der Waals surface area contributed by atoms with Crippen molar-refractivity contribution < 1.29 is 4.52 Å². The van der Waals surface area contributed by atoms with Gasteiger partial charge in [-0.1, -0.05) is 5.16 Å². The first-order valence-electron chi connectivity index (χ1n) is 6.78. The molecule has 1 aliphatic carbocycles. The van der Waals surface area contributed by atoms with Gasteiger partial charge in [0.15, 0.2) is 5.82 Å². The number of hydrogen-bond donors (Lipinski definition) is 1. The van der Waals surface area contributed by atoms with Crippen LogP contribution in [0.4, 0.5) is 0 Å². The number of hydrogen-bond acceptors (Lipinski definition) is 5. The lowest BCUT2D eigenvalue weighted by molar-refractivity contribution is 0.333. The number of aryl methyl sites for hydroxylation is 1. The van der Waals surface area contributed by atoms with E-state index in [2.05, 4.69) is 20.6 Å². The maximum atomic E-state index is 5.29. The molecule has 2 aromatic heterocycles. The number of rotatable bonds is 6. The van der Waals surface area contributed by atoms with Crippen molar-refractivity contribution >= 4 is 0 Å². The molecule has 102 valence electrons. The summed E-state index contributed by atoms with van der Waals surface area (Å²) in [6.07, 6.45) is 6.28. The second-order valence-electron chi connectivity index (χ2n) is 5.22. The average Bonchev–Trinajstić information content (AvgIpc) is 2.97. The molecule has 19 heavy (non-hydrogen) atoms. The zero-order chi connectivity index (χ0) is 13.2. The van der Waals surface area contributed by atoms with Crippen LogP contribution in [-0.4, -0.2) is 26.5 Å². The van der Waals surface area contributed by atoms with Crippen molar-refractivity contribution in [2.75, 3.05) is 6.54 Å². The van der Waals surface area contributed by atoms with Crippen molar-refractivity contribution in [3.63, 3.8) is 0 Å². The Balaban J connectivity index is 1.48. The summed E-state index contributed by atoms with van der Waals surface area (Å²) in [6, 6.07) is 0.0802. The first-order chi connectivity index (χ1) is 9.22. The number of nitrogens with one attached hydrogen (secondary N) is 1. The van der Waals surface area contributed by atoms with E-state index in [1.807, 2.05) is 30.9 Å². The van der Waals surface area contributed by atoms with Crippen LogP contribution in [0.2, 0.25) is 0 Å². The Hall–Kier alpha value is -1.69. The summed E-state index contributed by atoms with van der Waals surface area (Å²) < 4.78 is 7.22. The average molecular weight is 261 g/mol. The lowest BCUT2D eigenvalue weighted by Crippen LogP contribution is -2.23. The molecule has 0 aromatic carbocycles. The summed E-state index contributed by atoms with van der Waals surface area (Å²) in [5.74, 6) is 2.08. The van der Waals surface area contributed by atoms with Crippen LogP contribution in [0, 0.1) is 6.92 Å². The standard InChI is InChI=1S/C13H19N5O/c1-9-7-15-18(8-9)6-5-14-10(2)13-16-12(17-19-13)11-3-4-11/h7-8,10-11,14H,3-6H2,1-2H3/t10-/m1/s1. The summed E-state index contributed by atoms with van der Waals surface area (Å²) >= 11 is 0. The Morgan fingerprint density at radius 1 is 1.53 bits per heavy atom. The monoisotopic (exact) mass is 261 g/mol. The summed E-state index contributed by atoms with van der Waals surface area (Å²) in [6.45, 7) is 5.74. The van der Waals surface area contributed by atoms with E-state index in [4.69, 9.17) is 4.52 Å². The van der Waals surface area contributed by atoms with Crippen LogP contribution in [0.1, 0.15) is 49.0 Å². The molecule has 6 nitrogen and oxygen atoms in total. The SMILES string of the molecule is Cc1cnn(CCN[C@H](C)c2nc(C3CC3)no2)c1. The third kappa shape index (κ3) is 3.01. The molecule has 2 heterocycles. The molecular weight excluding hydrogens is 242 g/mol. The molecular formula is C13H19N5O. The van der Waals surface area contributed by atoms with Gasteiger partial charge in [-0.25, -0.2) is 0 Å². The number of aromatic nitrogens is 4. The molecule has 1 atom stereocenters. The molecule has 6 heteroatoms. The van der Waals surface area contributed by atoms with Gasteiger partial charge in [0.25, 0.3) is 0 Å². The maximum Gasteiger partial charge on any atom is 0.243 e. The normalized spacial score (nSPS) is 16.7. The minimum Gasteiger partial charge on any atom is -0.338 e. The molecule has 0 radical (unpaired) electrons. The van der Waals surface area contributed by atoms with Crippen molar-refractivity contribution in [3.05, 3.63) is 29.7 Å². The fourth-order valence-corrected chi connectivity index (χ4v) is 2.00. The minimum absolute atomic E-state index is 0.0802. The van der Waals surface area contributed by atoms with Crippen LogP contribution in [0.3, 0.4) is 0 Å². The van der Waals surface area contributed by atoms with Crippen molar-refractivity contribution in [2.24, 2.45) is 0 Å². The minimum atomic E-state index is 0.0802. The zero-order valence-corrected chi connectivity index (χ0v) is 11.3. The first-order valence-corrected chi connectivity index (χ1v) is 6.78. The molecule has 0 aliphatic heterocycles. The van der Waals surface area contributed by atoms with Crippen LogP contribution in [0.15, 0.2) is 16.9 Å². The van der Waals surface area contributed by atoms with E-state index < -0.39 is 0 Å². The summed E-state index contributed by atoms with van der Waals surface area (Å²) in [4.78, 5) is 4.44. The molecule has 0 bridgehead atoms. The van der Waals surface area contributed by atoms with E-state index in [0.717, 1.165) is 18.9 Å². The molecule has 0 amide bonds. The predicted molar refractivity (Wildman–Crippen MR) is 69.7 cm³/mol. The molecule has 1 N–H and O–H groups in total. The Labute approximate surface area is 112 Å². The highest BCUT2D eigenvalue weighted by Gasteiger charge is 2.29. The van der Waals surface area contributed by atoms with Crippen LogP contribution < -0.4 is 5.32 Å². The van der Waals surface area contributed by atoms with Gasteiger partial charge < -0.3 is 9.84 Å². The summed E-state index contributed by atoms with van der Waals surface area (Å²) in [5, 5.41) is 11.6. The van der Waals surface area contributed by atoms with Gasteiger partial charge in [-0.2, -0.15) is 10.1 Å². The van der Waals surface area contributed by atoms with E-state index in [0.29, 0.717) is 11.8 Å². The van der Waals surface area contributed by atoms with Crippen LogP contribution in [0.5, 0.6) is 0 Å². The van der Waals surface area contributed by atoms with E-state index in [-0.39, 0.29) is 6.04 Å². The fraction of sp³-hybridized carbons (Fsp3) is 0.615. The third-order valence-corrected chi connectivity index (χ3v) is 3.32. The molecule has 3 rings (SSSR count). The smallest absolute Gasteiger partial charge is 0.243 e. The zero-order valence-electron chi connectivity index (χ0n) is 11.3. The highest BCUT2D eigenvalue weighted by molar-refractivity contribution is 5.04. The highest BCUT2D eigenvalue weighted by Crippen LogP contribution is 2.38. The van der Waals surface area contributed by atoms with Gasteiger partial charge in [-0.3, -0.25) is 4.68 Å². The van der Waals surface area contributed by atoms with Crippen LogP contribution in [0.25, 0.3) is 0 Å². The Bertz CT molecular complexity index is 543. The molecule has 1 aliphatic rings.